The Morgan fingerprint density at radius 2 is 2.25 bits per heavy atom. The molecule has 2 aliphatic heterocycles. The number of hydrogen-bond acceptors (Lipinski definition) is 2. The first-order valence-corrected chi connectivity index (χ1v) is 6.77. The summed E-state index contributed by atoms with van der Waals surface area (Å²) in [5, 5.41) is 0. The lowest BCUT2D eigenvalue weighted by atomic mass is 9.92. The van der Waals surface area contributed by atoms with Crippen molar-refractivity contribution in [3.8, 4) is 5.75 Å². The number of ether oxygens (including phenoxy) is 1. The maximum absolute atomic E-state index is 5.72. The largest absolute Gasteiger partial charge is 0.493 e. The minimum Gasteiger partial charge on any atom is -0.493 e. The van der Waals surface area contributed by atoms with Crippen LogP contribution in [0.1, 0.15) is 24.3 Å². The first-order valence-electron chi connectivity index (χ1n) is 5.97. The van der Waals surface area contributed by atoms with Gasteiger partial charge in [-0.2, -0.15) is 0 Å². The predicted molar refractivity (Wildman–Crippen MR) is 68.1 cm³/mol. The molecule has 16 heavy (non-hydrogen) atoms. The molecule has 0 bridgehead atoms. The van der Waals surface area contributed by atoms with E-state index in [1.807, 2.05) is 0 Å². The molecule has 1 unspecified atom stereocenters. The van der Waals surface area contributed by atoms with Crippen molar-refractivity contribution >= 4 is 15.9 Å². The third-order valence-corrected chi connectivity index (χ3v) is 4.06. The van der Waals surface area contributed by atoms with E-state index in [2.05, 4.69) is 39.0 Å². The second-order valence-corrected chi connectivity index (χ2v) is 5.59. The van der Waals surface area contributed by atoms with Gasteiger partial charge >= 0.3 is 0 Å². The van der Waals surface area contributed by atoms with Gasteiger partial charge in [0.05, 0.1) is 6.61 Å². The topological polar surface area (TPSA) is 12.5 Å². The van der Waals surface area contributed by atoms with Crippen LogP contribution in [0.25, 0.3) is 0 Å². The maximum Gasteiger partial charge on any atom is 0.123 e. The maximum atomic E-state index is 5.72. The van der Waals surface area contributed by atoms with Gasteiger partial charge in [0.15, 0.2) is 0 Å². The Morgan fingerprint density at radius 3 is 3.00 bits per heavy atom. The number of fused-ring (bicyclic) bond motifs is 1. The van der Waals surface area contributed by atoms with Gasteiger partial charge in [0.2, 0.25) is 0 Å². The van der Waals surface area contributed by atoms with Crippen LogP contribution in [-0.4, -0.2) is 31.1 Å². The lowest BCUT2D eigenvalue weighted by molar-refractivity contribution is 0.152. The zero-order valence-corrected chi connectivity index (χ0v) is 10.9. The van der Waals surface area contributed by atoms with Crippen LogP contribution in [0.4, 0.5) is 0 Å². The number of likely N-dealkylation sites (tertiary alicyclic amines) is 1. The average molecular weight is 282 g/mol. The Hall–Kier alpha value is -0.540. The summed E-state index contributed by atoms with van der Waals surface area (Å²) in [5.41, 5.74) is 1.39. The molecule has 86 valence electrons. The number of nitrogens with zero attached hydrogens (tertiary/aromatic N) is 1. The van der Waals surface area contributed by atoms with E-state index in [1.54, 1.807) is 0 Å². The SMILES string of the molecule is Brc1ccc2c(c1)OCCC2CN1CCC1. The molecule has 3 rings (SSSR count). The standard InChI is InChI=1S/C13H16BrNO/c14-11-2-3-12-10(9-15-5-1-6-15)4-7-16-13(12)8-11/h2-3,8,10H,1,4-7,9H2. The molecule has 1 fully saturated rings. The van der Waals surface area contributed by atoms with Crippen molar-refractivity contribution in [2.45, 2.75) is 18.8 Å². The van der Waals surface area contributed by atoms with Crippen LogP contribution in [-0.2, 0) is 0 Å². The molecule has 2 nitrogen and oxygen atoms in total. The minimum absolute atomic E-state index is 0.664. The molecule has 1 aromatic carbocycles. The summed E-state index contributed by atoms with van der Waals surface area (Å²) >= 11 is 3.50. The Labute approximate surface area is 105 Å². The molecule has 2 aliphatic rings. The van der Waals surface area contributed by atoms with Crippen LogP contribution in [0.15, 0.2) is 22.7 Å². The summed E-state index contributed by atoms with van der Waals surface area (Å²) in [6.07, 6.45) is 2.53. The molecule has 2 heterocycles. The van der Waals surface area contributed by atoms with Gasteiger partial charge in [-0.1, -0.05) is 22.0 Å². The fraction of sp³-hybridized carbons (Fsp3) is 0.538. The van der Waals surface area contributed by atoms with Gasteiger partial charge in [0, 0.05) is 16.9 Å². The summed E-state index contributed by atoms with van der Waals surface area (Å²) < 4.78 is 6.83. The first-order chi connectivity index (χ1) is 7.83. The fourth-order valence-corrected chi connectivity index (χ4v) is 2.84. The van der Waals surface area contributed by atoms with Gasteiger partial charge in [0.1, 0.15) is 5.75 Å². The molecule has 0 aromatic heterocycles. The fourth-order valence-electron chi connectivity index (χ4n) is 2.50. The highest BCUT2D eigenvalue weighted by Crippen LogP contribution is 2.36. The molecule has 0 amide bonds. The van der Waals surface area contributed by atoms with Gasteiger partial charge in [-0.25, -0.2) is 0 Å². The normalized spacial score (nSPS) is 24.4. The van der Waals surface area contributed by atoms with E-state index in [0.29, 0.717) is 5.92 Å². The second kappa shape index (κ2) is 4.38. The molecule has 1 saturated heterocycles. The van der Waals surface area contributed by atoms with Crippen LogP contribution < -0.4 is 4.74 Å². The monoisotopic (exact) mass is 281 g/mol. The summed E-state index contributed by atoms with van der Waals surface area (Å²) in [6, 6.07) is 6.43. The quantitative estimate of drug-likeness (QED) is 0.826. The number of benzene rings is 1. The Bertz CT molecular complexity index is 390. The second-order valence-electron chi connectivity index (χ2n) is 4.67. The summed E-state index contributed by atoms with van der Waals surface area (Å²) in [5.74, 6) is 1.74. The number of halogens is 1. The van der Waals surface area contributed by atoms with Crippen LogP contribution >= 0.6 is 15.9 Å². The van der Waals surface area contributed by atoms with Crippen LogP contribution in [0.3, 0.4) is 0 Å². The molecule has 1 atom stereocenters. The van der Waals surface area contributed by atoms with E-state index >= 15 is 0 Å². The molecular weight excluding hydrogens is 266 g/mol. The van der Waals surface area contributed by atoms with Gasteiger partial charge in [-0.05, 0) is 43.6 Å². The molecule has 0 saturated carbocycles. The third kappa shape index (κ3) is 1.98. The van der Waals surface area contributed by atoms with Gasteiger partial charge in [-0.3, -0.25) is 0 Å². The Kier molecular flexibility index (Phi) is 2.90. The van der Waals surface area contributed by atoms with Gasteiger partial charge in [0.25, 0.3) is 0 Å². The van der Waals surface area contributed by atoms with E-state index in [4.69, 9.17) is 4.74 Å². The molecule has 0 radical (unpaired) electrons. The van der Waals surface area contributed by atoms with Crippen LogP contribution in [0.5, 0.6) is 5.75 Å². The Morgan fingerprint density at radius 1 is 1.38 bits per heavy atom. The highest BCUT2D eigenvalue weighted by molar-refractivity contribution is 9.10. The van der Waals surface area contributed by atoms with E-state index in [0.717, 1.165) is 23.2 Å². The van der Waals surface area contributed by atoms with Crippen LogP contribution in [0, 0.1) is 0 Å². The smallest absolute Gasteiger partial charge is 0.123 e. The van der Waals surface area contributed by atoms with Crippen molar-refractivity contribution in [3.63, 3.8) is 0 Å². The van der Waals surface area contributed by atoms with Crippen molar-refractivity contribution in [1.29, 1.82) is 0 Å². The van der Waals surface area contributed by atoms with Crippen molar-refractivity contribution < 1.29 is 4.74 Å². The van der Waals surface area contributed by atoms with Gasteiger partial charge in [-0.15, -0.1) is 0 Å². The molecular formula is C13H16BrNO. The molecule has 1 aromatic rings. The van der Waals surface area contributed by atoms with Crippen molar-refractivity contribution in [2.24, 2.45) is 0 Å². The minimum atomic E-state index is 0.664. The number of hydrogen-bond donors (Lipinski definition) is 0. The van der Waals surface area contributed by atoms with E-state index in [9.17, 15) is 0 Å². The van der Waals surface area contributed by atoms with Crippen molar-refractivity contribution in [3.05, 3.63) is 28.2 Å². The van der Waals surface area contributed by atoms with Crippen molar-refractivity contribution in [2.75, 3.05) is 26.2 Å². The lowest BCUT2D eigenvalue weighted by Gasteiger charge is -2.36. The van der Waals surface area contributed by atoms with Gasteiger partial charge < -0.3 is 9.64 Å². The van der Waals surface area contributed by atoms with Crippen LogP contribution in [0.2, 0.25) is 0 Å². The zero-order chi connectivity index (χ0) is 11.0. The molecule has 3 heteroatoms. The summed E-state index contributed by atoms with van der Waals surface area (Å²) in [4.78, 5) is 2.54. The van der Waals surface area contributed by atoms with E-state index in [1.165, 1.54) is 31.6 Å². The third-order valence-electron chi connectivity index (χ3n) is 3.57. The van der Waals surface area contributed by atoms with E-state index < -0.39 is 0 Å². The van der Waals surface area contributed by atoms with E-state index in [-0.39, 0.29) is 0 Å². The summed E-state index contributed by atoms with van der Waals surface area (Å²) in [7, 11) is 0. The average Bonchev–Trinajstić information content (AvgIpc) is 2.23. The lowest BCUT2D eigenvalue weighted by Crippen LogP contribution is -2.40. The zero-order valence-electron chi connectivity index (χ0n) is 9.29. The highest BCUT2D eigenvalue weighted by Gasteiger charge is 2.25. The summed E-state index contributed by atoms with van der Waals surface area (Å²) in [6.45, 7) is 4.63. The first kappa shape index (κ1) is 10.6. The van der Waals surface area contributed by atoms with Crippen molar-refractivity contribution in [1.82, 2.24) is 4.90 Å². The molecule has 0 N–H and O–H groups in total. The Balaban J connectivity index is 1.81. The predicted octanol–water partition coefficient (Wildman–Crippen LogP) is 3.02. The molecule has 0 aliphatic carbocycles. The highest BCUT2D eigenvalue weighted by atomic mass is 79.9. The number of rotatable bonds is 2. The molecule has 0 spiro atoms.